The summed E-state index contributed by atoms with van der Waals surface area (Å²) in [6, 6.07) is 18.2. The van der Waals surface area contributed by atoms with Crippen molar-refractivity contribution in [1.29, 1.82) is 0 Å². The van der Waals surface area contributed by atoms with E-state index in [1.165, 1.54) is 10.8 Å². The Hall–Kier alpha value is -2.72. The van der Waals surface area contributed by atoms with Crippen LogP contribution < -0.4 is 0 Å². The smallest absolute Gasteiger partial charge is 0.255 e. The van der Waals surface area contributed by atoms with Crippen molar-refractivity contribution < 1.29 is 9.90 Å². The van der Waals surface area contributed by atoms with Gasteiger partial charge >= 0.3 is 0 Å². The molecule has 1 aliphatic heterocycles. The summed E-state index contributed by atoms with van der Waals surface area (Å²) in [5, 5.41) is 14.0. The average Bonchev–Trinajstić information content (AvgIpc) is 3.30. The van der Waals surface area contributed by atoms with Crippen LogP contribution in [0.2, 0.25) is 0 Å². The molecule has 1 aliphatic carbocycles. The van der Waals surface area contributed by atoms with Gasteiger partial charge in [0.05, 0.1) is 17.2 Å². The monoisotopic (exact) mass is 372 g/mol. The summed E-state index contributed by atoms with van der Waals surface area (Å²) in [5.41, 5.74) is 0.854. The Morgan fingerprint density at radius 1 is 1.11 bits per heavy atom. The lowest BCUT2D eigenvalue weighted by Gasteiger charge is -2.36. The number of benzene rings is 2. The van der Waals surface area contributed by atoms with Crippen molar-refractivity contribution in [2.45, 2.75) is 37.3 Å². The molecule has 1 amide bonds. The maximum Gasteiger partial charge on any atom is 0.255 e. The van der Waals surface area contributed by atoms with Gasteiger partial charge in [-0.3, -0.25) is 9.78 Å². The number of aromatic nitrogens is 1. The van der Waals surface area contributed by atoms with Crippen LogP contribution in [-0.4, -0.2) is 39.1 Å². The lowest BCUT2D eigenvalue weighted by Crippen LogP contribution is -2.51. The Bertz CT molecular complexity index is 1020. The topological polar surface area (TPSA) is 53.4 Å². The molecular weight excluding hydrogens is 348 g/mol. The Balaban J connectivity index is 1.44. The molecule has 0 spiro atoms. The van der Waals surface area contributed by atoms with E-state index in [9.17, 15) is 9.90 Å². The third-order valence-electron chi connectivity index (χ3n) is 6.52. The molecule has 1 aromatic heterocycles. The third-order valence-corrected chi connectivity index (χ3v) is 6.52. The molecule has 2 heterocycles. The molecular formula is C24H24N2O2. The second-order valence-electron chi connectivity index (χ2n) is 8.23. The minimum atomic E-state index is -0.874. The predicted octanol–water partition coefficient (Wildman–Crippen LogP) is 3.83. The molecule has 28 heavy (non-hydrogen) atoms. The van der Waals surface area contributed by atoms with Gasteiger partial charge < -0.3 is 10.0 Å². The van der Waals surface area contributed by atoms with Crippen molar-refractivity contribution in [3.63, 3.8) is 0 Å². The van der Waals surface area contributed by atoms with Crippen LogP contribution in [0.4, 0.5) is 0 Å². The van der Waals surface area contributed by atoms with Crippen LogP contribution in [0.1, 0.15) is 35.2 Å². The zero-order chi connectivity index (χ0) is 19.1. The van der Waals surface area contributed by atoms with E-state index in [1.54, 1.807) is 24.5 Å². The summed E-state index contributed by atoms with van der Waals surface area (Å²) < 4.78 is 0. The van der Waals surface area contributed by atoms with Crippen molar-refractivity contribution in [3.05, 3.63) is 78.1 Å². The maximum absolute atomic E-state index is 13.1. The molecule has 142 valence electrons. The molecule has 2 aromatic carbocycles. The van der Waals surface area contributed by atoms with E-state index in [1.807, 2.05) is 17.0 Å². The normalized spacial score (nSPS) is 26.5. The molecule has 0 unspecified atom stereocenters. The predicted molar refractivity (Wildman–Crippen MR) is 109 cm³/mol. The number of likely N-dealkylation sites (tertiary alicyclic amines) is 1. The second-order valence-corrected chi connectivity index (χ2v) is 8.23. The molecule has 2 aliphatic rings. The van der Waals surface area contributed by atoms with Crippen molar-refractivity contribution in [3.8, 4) is 0 Å². The Morgan fingerprint density at radius 3 is 2.79 bits per heavy atom. The van der Waals surface area contributed by atoms with Crippen LogP contribution in [0, 0.1) is 5.92 Å². The van der Waals surface area contributed by atoms with Crippen molar-refractivity contribution in [2.24, 2.45) is 5.92 Å². The van der Waals surface area contributed by atoms with Gasteiger partial charge in [-0.05, 0) is 53.6 Å². The van der Waals surface area contributed by atoms with Crippen molar-refractivity contribution >= 4 is 16.7 Å². The zero-order valence-electron chi connectivity index (χ0n) is 15.8. The van der Waals surface area contributed by atoms with Crippen molar-refractivity contribution in [1.82, 2.24) is 9.88 Å². The zero-order valence-corrected chi connectivity index (χ0v) is 15.8. The number of hydrogen-bond acceptors (Lipinski definition) is 3. The number of carbonyl (C=O) groups is 1. The molecule has 1 saturated heterocycles. The summed E-state index contributed by atoms with van der Waals surface area (Å²) in [4.78, 5) is 19.1. The molecule has 2 fully saturated rings. The number of rotatable bonds is 3. The second kappa shape index (κ2) is 6.71. The van der Waals surface area contributed by atoms with Crippen molar-refractivity contribution in [2.75, 3.05) is 6.54 Å². The molecule has 4 nitrogen and oxygen atoms in total. The van der Waals surface area contributed by atoms with Gasteiger partial charge in [0.1, 0.15) is 0 Å². The Labute approximate surface area is 164 Å². The molecule has 5 rings (SSSR count). The first kappa shape index (κ1) is 17.4. The summed E-state index contributed by atoms with van der Waals surface area (Å²) >= 11 is 0. The van der Waals surface area contributed by atoms with Gasteiger partial charge in [-0.2, -0.15) is 0 Å². The average molecular weight is 372 g/mol. The maximum atomic E-state index is 13.1. The molecule has 3 aromatic rings. The number of hydrogen-bond donors (Lipinski definition) is 1. The number of carbonyl (C=O) groups excluding carboxylic acids is 1. The van der Waals surface area contributed by atoms with Crippen LogP contribution in [0.5, 0.6) is 0 Å². The fourth-order valence-electron chi connectivity index (χ4n) is 5.25. The molecule has 3 atom stereocenters. The van der Waals surface area contributed by atoms with Gasteiger partial charge in [0.15, 0.2) is 0 Å². The lowest BCUT2D eigenvalue weighted by molar-refractivity contribution is -0.0160. The summed E-state index contributed by atoms with van der Waals surface area (Å²) in [6.07, 6.45) is 6.56. The highest BCUT2D eigenvalue weighted by Gasteiger charge is 2.54. The van der Waals surface area contributed by atoms with E-state index >= 15 is 0 Å². The van der Waals surface area contributed by atoms with Gasteiger partial charge in [0.25, 0.3) is 5.91 Å². The van der Waals surface area contributed by atoms with Gasteiger partial charge in [0.2, 0.25) is 0 Å². The van der Waals surface area contributed by atoms with Crippen LogP contribution in [0.15, 0.2) is 67.0 Å². The minimum Gasteiger partial charge on any atom is -0.387 e. The standard InChI is InChI=1S/C24H24N2O2/c27-23(21-6-3-12-25-16-21)26-13-10-19-9-11-24(28,22(19)26)15-17-7-8-18-4-1-2-5-20(18)14-17/h1-8,12,14,16,19,22,28H,9-11,13,15H2/t19-,22+,24+/m0/s1. The van der Waals surface area contributed by atoms with Gasteiger partial charge in [-0.1, -0.05) is 42.5 Å². The molecule has 1 N–H and O–H groups in total. The van der Waals surface area contributed by atoms with E-state index in [2.05, 4.69) is 35.3 Å². The highest BCUT2D eigenvalue weighted by Crippen LogP contribution is 2.46. The number of amides is 1. The summed E-state index contributed by atoms with van der Waals surface area (Å²) in [7, 11) is 0. The van der Waals surface area contributed by atoms with E-state index < -0.39 is 5.60 Å². The summed E-state index contributed by atoms with van der Waals surface area (Å²) in [6.45, 7) is 0.711. The SMILES string of the molecule is O=C(c1cccnc1)N1CC[C@@H]2CC[C@@](O)(Cc3ccc4ccccc4c3)[C@@H]21. The van der Waals surface area contributed by atoms with Gasteiger partial charge in [-0.25, -0.2) is 0 Å². The molecule has 0 bridgehead atoms. The van der Waals surface area contributed by atoms with Gasteiger partial charge in [0, 0.05) is 25.4 Å². The first-order valence-electron chi connectivity index (χ1n) is 10.1. The summed E-state index contributed by atoms with van der Waals surface area (Å²) in [5.74, 6) is 0.366. The van der Waals surface area contributed by atoms with E-state index in [0.29, 0.717) is 24.4 Å². The highest BCUT2D eigenvalue weighted by atomic mass is 16.3. The largest absolute Gasteiger partial charge is 0.387 e. The molecule has 1 saturated carbocycles. The third kappa shape index (κ3) is 2.89. The molecule has 4 heteroatoms. The minimum absolute atomic E-state index is 0.0144. The lowest BCUT2D eigenvalue weighted by atomic mass is 9.86. The first-order chi connectivity index (χ1) is 13.6. The number of aliphatic hydroxyl groups is 1. The van der Waals surface area contributed by atoms with E-state index in [0.717, 1.165) is 24.8 Å². The number of pyridine rings is 1. The Morgan fingerprint density at radius 2 is 1.96 bits per heavy atom. The Kier molecular flexibility index (Phi) is 4.17. The number of fused-ring (bicyclic) bond motifs is 2. The van der Waals surface area contributed by atoms with E-state index in [-0.39, 0.29) is 11.9 Å². The fraction of sp³-hybridized carbons (Fsp3) is 0.333. The van der Waals surface area contributed by atoms with Crippen LogP contribution >= 0.6 is 0 Å². The van der Waals surface area contributed by atoms with Gasteiger partial charge in [-0.15, -0.1) is 0 Å². The first-order valence-corrected chi connectivity index (χ1v) is 10.1. The fourth-order valence-corrected chi connectivity index (χ4v) is 5.25. The number of nitrogens with zero attached hydrogens (tertiary/aromatic N) is 2. The highest BCUT2D eigenvalue weighted by molar-refractivity contribution is 5.94. The van der Waals surface area contributed by atoms with E-state index in [4.69, 9.17) is 0 Å². The quantitative estimate of drug-likeness (QED) is 0.760. The van der Waals surface area contributed by atoms with Crippen LogP contribution in [-0.2, 0) is 6.42 Å². The molecule has 0 radical (unpaired) electrons. The van der Waals surface area contributed by atoms with Crippen LogP contribution in [0.25, 0.3) is 10.8 Å². The van der Waals surface area contributed by atoms with Crippen LogP contribution in [0.3, 0.4) is 0 Å².